The SMILES string of the molecule is CNC(C)(CO)CSCc1ccco1. The Morgan fingerprint density at radius 1 is 1.64 bits per heavy atom. The van der Waals surface area contributed by atoms with E-state index in [1.165, 1.54) is 0 Å². The number of likely N-dealkylation sites (N-methyl/N-ethyl adjacent to an activating group) is 1. The van der Waals surface area contributed by atoms with Gasteiger partial charge in [0.15, 0.2) is 0 Å². The molecule has 2 N–H and O–H groups in total. The van der Waals surface area contributed by atoms with Gasteiger partial charge in [-0.15, -0.1) is 0 Å². The van der Waals surface area contributed by atoms with E-state index in [0.717, 1.165) is 17.3 Å². The molecule has 1 aromatic heterocycles. The number of hydrogen-bond donors (Lipinski definition) is 2. The van der Waals surface area contributed by atoms with Gasteiger partial charge in [0, 0.05) is 11.3 Å². The van der Waals surface area contributed by atoms with Crippen LogP contribution in [0, 0.1) is 0 Å². The lowest BCUT2D eigenvalue weighted by Crippen LogP contribution is -2.45. The minimum absolute atomic E-state index is 0.147. The van der Waals surface area contributed by atoms with Gasteiger partial charge in [-0.25, -0.2) is 0 Å². The van der Waals surface area contributed by atoms with Gasteiger partial charge in [0.2, 0.25) is 0 Å². The van der Waals surface area contributed by atoms with Crippen LogP contribution in [-0.4, -0.2) is 30.1 Å². The molecule has 0 aliphatic heterocycles. The monoisotopic (exact) mass is 215 g/mol. The highest BCUT2D eigenvalue weighted by atomic mass is 32.2. The molecule has 1 unspecified atom stereocenters. The summed E-state index contributed by atoms with van der Waals surface area (Å²) >= 11 is 1.75. The fraction of sp³-hybridized carbons (Fsp3) is 0.600. The van der Waals surface area contributed by atoms with Crippen LogP contribution in [0.15, 0.2) is 22.8 Å². The van der Waals surface area contributed by atoms with E-state index in [1.54, 1.807) is 18.0 Å². The molecule has 0 radical (unpaired) electrons. The van der Waals surface area contributed by atoms with Crippen LogP contribution in [0.25, 0.3) is 0 Å². The third kappa shape index (κ3) is 3.36. The Hall–Kier alpha value is -0.450. The first-order valence-electron chi connectivity index (χ1n) is 4.60. The molecule has 80 valence electrons. The van der Waals surface area contributed by atoms with Gasteiger partial charge in [0.1, 0.15) is 5.76 Å². The van der Waals surface area contributed by atoms with Gasteiger partial charge < -0.3 is 14.8 Å². The largest absolute Gasteiger partial charge is 0.468 e. The molecule has 0 spiro atoms. The fourth-order valence-corrected chi connectivity index (χ4v) is 2.12. The van der Waals surface area contributed by atoms with Crippen molar-refractivity contribution >= 4 is 11.8 Å². The van der Waals surface area contributed by atoms with Crippen molar-refractivity contribution in [1.29, 1.82) is 0 Å². The molecule has 1 atom stereocenters. The van der Waals surface area contributed by atoms with Crippen LogP contribution < -0.4 is 5.32 Å². The highest BCUT2D eigenvalue weighted by Gasteiger charge is 2.20. The lowest BCUT2D eigenvalue weighted by molar-refractivity contribution is 0.200. The summed E-state index contributed by atoms with van der Waals surface area (Å²) in [6.07, 6.45) is 1.68. The Labute approximate surface area is 88.9 Å². The van der Waals surface area contributed by atoms with Crippen LogP contribution >= 0.6 is 11.8 Å². The summed E-state index contributed by atoms with van der Waals surface area (Å²) < 4.78 is 5.21. The molecule has 14 heavy (non-hydrogen) atoms. The number of aliphatic hydroxyl groups excluding tert-OH is 1. The number of rotatable bonds is 6. The van der Waals surface area contributed by atoms with E-state index >= 15 is 0 Å². The van der Waals surface area contributed by atoms with Crippen LogP contribution in [0.3, 0.4) is 0 Å². The quantitative estimate of drug-likeness (QED) is 0.754. The first kappa shape index (κ1) is 11.6. The summed E-state index contributed by atoms with van der Waals surface area (Å²) in [5.74, 6) is 2.69. The van der Waals surface area contributed by atoms with E-state index in [2.05, 4.69) is 5.32 Å². The lowest BCUT2D eigenvalue weighted by Gasteiger charge is -2.25. The van der Waals surface area contributed by atoms with Crippen molar-refractivity contribution < 1.29 is 9.52 Å². The average molecular weight is 215 g/mol. The smallest absolute Gasteiger partial charge is 0.113 e. The molecule has 0 bridgehead atoms. The predicted octanol–water partition coefficient (Wildman–Crippen LogP) is 1.48. The number of nitrogens with one attached hydrogen (secondary N) is 1. The zero-order valence-corrected chi connectivity index (χ0v) is 9.43. The van der Waals surface area contributed by atoms with Crippen molar-refractivity contribution in [3.05, 3.63) is 24.2 Å². The van der Waals surface area contributed by atoms with Crippen molar-refractivity contribution in [2.24, 2.45) is 0 Å². The Kier molecular flexibility index (Phi) is 4.51. The summed E-state index contributed by atoms with van der Waals surface area (Å²) in [6.45, 7) is 2.15. The number of thioether (sulfide) groups is 1. The topological polar surface area (TPSA) is 45.4 Å². The van der Waals surface area contributed by atoms with Crippen LogP contribution in [0.5, 0.6) is 0 Å². The summed E-state index contributed by atoms with van der Waals surface area (Å²) in [6, 6.07) is 3.85. The standard InChI is InChI=1S/C10H17NO2S/c1-10(7-12,11-2)8-14-6-9-4-3-5-13-9/h3-5,11-12H,6-8H2,1-2H3. The maximum Gasteiger partial charge on any atom is 0.113 e. The number of furan rings is 1. The highest BCUT2D eigenvalue weighted by Crippen LogP contribution is 2.17. The van der Waals surface area contributed by atoms with Crippen LogP contribution in [0.4, 0.5) is 0 Å². The molecule has 0 saturated carbocycles. The maximum atomic E-state index is 9.14. The zero-order chi connectivity index (χ0) is 10.4. The van der Waals surface area contributed by atoms with Gasteiger partial charge in [-0.3, -0.25) is 0 Å². The normalized spacial score (nSPS) is 15.4. The highest BCUT2D eigenvalue weighted by molar-refractivity contribution is 7.98. The number of hydrogen-bond acceptors (Lipinski definition) is 4. The third-order valence-electron chi connectivity index (χ3n) is 2.20. The first-order valence-corrected chi connectivity index (χ1v) is 5.75. The molecule has 0 aliphatic rings. The van der Waals surface area contributed by atoms with E-state index in [4.69, 9.17) is 9.52 Å². The summed E-state index contributed by atoms with van der Waals surface area (Å²) in [5.41, 5.74) is -0.197. The van der Waals surface area contributed by atoms with E-state index in [-0.39, 0.29) is 12.1 Å². The van der Waals surface area contributed by atoms with Crippen molar-refractivity contribution in [3.63, 3.8) is 0 Å². The molecule has 0 aromatic carbocycles. The maximum absolute atomic E-state index is 9.14. The van der Waals surface area contributed by atoms with Crippen LogP contribution in [-0.2, 0) is 5.75 Å². The zero-order valence-electron chi connectivity index (χ0n) is 8.62. The molecule has 3 nitrogen and oxygen atoms in total. The molecule has 0 amide bonds. The molecule has 4 heteroatoms. The van der Waals surface area contributed by atoms with Crippen molar-refractivity contribution in [3.8, 4) is 0 Å². The fourth-order valence-electron chi connectivity index (χ4n) is 0.968. The van der Waals surface area contributed by atoms with Crippen molar-refractivity contribution in [2.75, 3.05) is 19.4 Å². The molecule has 1 rings (SSSR count). The molecular weight excluding hydrogens is 198 g/mol. The second kappa shape index (κ2) is 5.44. The molecule has 0 aliphatic carbocycles. The van der Waals surface area contributed by atoms with Gasteiger partial charge in [-0.1, -0.05) is 0 Å². The van der Waals surface area contributed by atoms with E-state index in [1.807, 2.05) is 26.1 Å². The van der Waals surface area contributed by atoms with Gasteiger partial charge in [0.05, 0.1) is 18.6 Å². The molecule has 0 fully saturated rings. The third-order valence-corrected chi connectivity index (χ3v) is 3.53. The van der Waals surface area contributed by atoms with Crippen molar-refractivity contribution in [1.82, 2.24) is 5.32 Å². The molecule has 1 aromatic rings. The Morgan fingerprint density at radius 3 is 2.93 bits per heavy atom. The molecule has 1 heterocycles. The van der Waals surface area contributed by atoms with Gasteiger partial charge >= 0.3 is 0 Å². The Morgan fingerprint density at radius 2 is 2.43 bits per heavy atom. The van der Waals surface area contributed by atoms with Crippen molar-refractivity contribution in [2.45, 2.75) is 18.2 Å². The summed E-state index contributed by atoms with van der Waals surface area (Å²) in [4.78, 5) is 0. The molecule has 0 saturated heterocycles. The first-order chi connectivity index (χ1) is 6.70. The second-order valence-corrected chi connectivity index (χ2v) is 4.53. The van der Waals surface area contributed by atoms with Gasteiger partial charge in [-0.05, 0) is 26.1 Å². The van der Waals surface area contributed by atoms with E-state index in [9.17, 15) is 0 Å². The minimum Gasteiger partial charge on any atom is -0.468 e. The van der Waals surface area contributed by atoms with Crippen LogP contribution in [0.1, 0.15) is 12.7 Å². The van der Waals surface area contributed by atoms with E-state index in [0.29, 0.717) is 0 Å². The average Bonchev–Trinajstić information content (AvgIpc) is 2.70. The van der Waals surface area contributed by atoms with E-state index < -0.39 is 0 Å². The summed E-state index contributed by atoms with van der Waals surface area (Å²) in [7, 11) is 1.86. The second-order valence-electron chi connectivity index (χ2n) is 3.54. The number of aliphatic hydroxyl groups is 1. The molecular formula is C10H17NO2S. The Balaban J connectivity index is 2.27. The lowest BCUT2D eigenvalue weighted by atomic mass is 10.1. The summed E-state index contributed by atoms with van der Waals surface area (Å²) in [5, 5.41) is 12.2. The van der Waals surface area contributed by atoms with Gasteiger partial charge in [0.25, 0.3) is 0 Å². The van der Waals surface area contributed by atoms with Gasteiger partial charge in [-0.2, -0.15) is 11.8 Å². The minimum atomic E-state index is -0.197. The van der Waals surface area contributed by atoms with Crippen LogP contribution in [0.2, 0.25) is 0 Å². The Bertz CT molecular complexity index is 245. The predicted molar refractivity (Wildman–Crippen MR) is 59.4 cm³/mol.